The van der Waals surface area contributed by atoms with Crippen LogP contribution in [0.4, 0.5) is 5.95 Å². The summed E-state index contributed by atoms with van der Waals surface area (Å²) in [6, 6.07) is 8.04. The SMILES string of the molecule is ClC1CCCC(CNc2ncc3ccccc3n2)C1. The Bertz CT molecular complexity index is 558. The van der Waals surface area contributed by atoms with Gasteiger partial charge in [-0.2, -0.15) is 0 Å². The molecular weight excluding hydrogens is 258 g/mol. The molecule has 100 valence electrons. The van der Waals surface area contributed by atoms with Gasteiger partial charge in [-0.15, -0.1) is 11.6 Å². The maximum atomic E-state index is 6.21. The molecule has 4 heteroatoms. The number of anilines is 1. The van der Waals surface area contributed by atoms with Gasteiger partial charge in [-0.05, 0) is 31.2 Å². The van der Waals surface area contributed by atoms with Gasteiger partial charge in [-0.1, -0.05) is 24.6 Å². The summed E-state index contributed by atoms with van der Waals surface area (Å²) < 4.78 is 0. The quantitative estimate of drug-likeness (QED) is 0.865. The largest absolute Gasteiger partial charge is 0.354 e. The molecule has 0 saturated heterocycles. The number of para-hydroxylation sites is 1. The zero-order valence-electron chi connectivity index (χ0n) is 10.8. The maximum absolute atomic E-state index is 6.21. The average molecular weight is 276 g/mol. The molecular formula is C15H18ClN3. The highest BCUT2D eigenvalue weighted by molar-refractivity contribution is 6.20. The summed E-state index contributed by atoms with van der Waals surface area (Å²) in [5.41, 5.74) is 0.985. The third kappa shape index (κ3) is 3.16. The van der Waals surface area contributed by atoms with Gasteiger partial charge in [-0.3, -0.25) is 0 Å². The van der Waals surface area contributed by atoms with E-state index in [9.17, 15) is 0 Å². The number of nitrogens with zero attached hydrogens (tertiary/aromatic N) is 2. The van der Waals surface area contributed by atoms with Crippen molar-refractivity contribution in [2.75, 3.05) is 11.9 Å². The van der Waals surface area contributed by atoms with E-state index >= 15 is 0 Å². The summed E-state index contributed by atoms with van der Waals surface area (Å²) in [6.45, 7) is 0.918. The zero-order valence-corrected chi connectivity index (χ0v) is 11.6. The van der Waals surface area contributed by atoms with Crippen molar-refractivity contribution in [3.63, 3.8) is 0 Å². The molecule has 1 aromatic carbocycles. The molecule has 0 bridgehead atoms. The van der Waals surface area contributed by atoms with Crippen LogP contribution in [0.5, 0.6) is 0 Å². The highest BCUT2D eigenvalue weighted by Gasteiger charge is 2.20. The second-order valence-corrected chi connectivity index (χ2v) is 5.88. The minimum absolute atomic E-state index is 0.345. The molecule has 1 saturated carbocycles. The predicted octanol–water partition coefficient (Wildman–Crippen LogP) is 3.84. The van der Waals surface area contributed by atoms with Crippen molar-refractivity contribution in [3.05, 3.63) is 30.5 Å². The molecule has 3 rings (SSSR count). The number of rotatable bonds is 3. The average Bonchev–Trinajstić information content (AvgIpc) is 2.45. The van der Waals surface area contributed by atoms with Gasteiger partial charge in [-0.25, -0.2) is 9.97 Å². The highest BCUT2D eigenvalue weighted by atomic mass is 35.5. The first-order valence-electron chi connectivity index (χ1n) is 6.91. The third-order valence-corrected chi connectivity index (χ3v) is 4.15. The van der Waals surface area contributed by atoms with Gasteiger partial charge in [0, 0.05) is 23.5 Å². The van der Waals surface area contributed by atoms with E-state index in [1.807, 2.05) is 30.5 Å². The van der Waals surface area contributed by atoms with Crippen molar-refractivity contribution in [2.45, 2.75) is 31.1 Å². The molecule has 3 nitrogen and oxygen atoms in total. The zero-order chi connectivity index (χ0) is 13.1. The van der Waals surface area contributed by atoms with Crippen LogP contribution in [0.15, 0.2) is 30.5 Å². The number of alkyl halides is 1. The Labute approximate surface area is 118 Å². The summed E-state index contributed by atoms with van der Waals surface area (Å²) in [5, 5.41) is 4.77. The molecule has 1 fully saturated rings. The van der Waals surface area contributed by atoms with Crippen molar-refractivity contribution in [1.82, 2.24) is 9.97 Å². The van der Waals surface area contributed by atoms with E-state index in [1.165, 1.54) is 12.8 Å². The van der Waals surface area contributed by atoms with Gasteiger partial charge in [0.15, 0.2) is 0 Å². The smallest absolute Gasteiger partial charge is 0.223 e. The van der Waals surface area contributed by atoms with Crippen molar-refractivity contribution < 1.29 is 0 Å². The summed E-state index contributed by atoms with van der Waals surface area (Å²) in [6.07, 6.45) is 6.62. The third-order valence-electron chi connectivity index (χ3n) is 3.76. The lowest BCUT2D eigenvalue weighted by Crippen LogP contribution is -2.23. The lowest BCUT2D eigenvalue weighted by molar-refractivity contribution is 0.378. The number of benzene rings is 1. The molecule has 1 heterocycles. The Morgan fingerprint density at radius 2 is 2.16 bits per heavy atom. The fourth-order valence-corrected chi connectivity index (χ4v) is 3.11. The molecule has 0 spiro atoms. The van der Waals surface area contributed by atoms with Gasteiger partial charge >= 0.3 is 0 Å². The molecule has 0 aliphatic heterocycles. The van der Waals surface area contributed by atoms with Crippen molar-refractivity contribution in [1.29, 1.82) is 0 Å². The molecule has 2 atom stereocenters. The van der Waals surface area contributed by atoms with E-state index in [1.54, 1.807) is 0 Å². The number of hydrogen-bond acceptors (Lipinski definition) is 3. The van der Waals surface area contributed by atoms with Gasteiger partial charge in [0.1, 0.15) is 0 Å². The lowest BCUT2D eigenvalue weighted by atomic mass is 9.89. The number of nitrogens with one attached hydrogen (secondary N) is 1. The molecule has 1 aliphatic carbocycles. The molecule has 1 aromatic heterocycles. The van der Waals surface area contributed by atoms with Crippen LogP contribution < -0.4 is 5.32 Å². The fourth-order valence-electron chi connectivity index (χ4n) is 2.70. The number of halogens is 1. The van der Waals surface area contributed by atoms with Crippen molar-refractivity contribution in [2.24, 2.45) is 5.92 Å². The number of fused-ring (bicyclic) bond motifs is 1. The van der Waals surface area contributed by atoms with Crippen LogP contribution in [0, 0.1) is 5.92 Å². The minimum atomic E-state index is 0.345. The Kier molecular flexibility index (Phi) is 3.83. The number of hydrogen-bond donors (Lipinski definition) is 1. The first-order valence-corrected chi connectivity index (χ1v) is 7.34. The second-order valence-electron chi connectivity index (χ2n) is 5.26. The van der Waals surface area contributed by atoms with Crippen molar-refractivity contribution in [3.8, 4) is 0 Å². The van der Waals surface area contributed by atoms with E-state index in [-0.39, 0.29) is 0 Å². The van der Waals surface area contributed by atoms with E-state index in [0.717, 1.165) is 36.2 Å². The first kappa shape index (κ1) is 12.7. The summed E-state index contributed by atoms with van der Waals surface area (Å²) >= 11 is 6.21. The van der Waals surface area contributed by atoms with Crippen LogP contribution in [-0.2, 0) is 0 Å². The molecule has 1 N–H and O–H groups in total. The Morgan fingerprint density at radius 3 is 3.05 bits per heavy atom. The molecule has 0 amide bonds. The maximum Gasteiger partial charge on any atom is 0.223 e. The van der Waals surface area contributed by atoms with Crippen LogP contribution in [-0.4, -0.2) is 21.9 Å². The minimum Gasteiger partial charge on any atom is -0.354 e. The fraction of sp³-hybridized carbons (Fsp3) is 0.467. The van der Waals surface area contributed by atoms with Crippen LogP contribution in [0.25, 0.3) is 10.9 Å². The topological polar surface area (TPSA) is 37.8 Å². The van der Waals surface area contributed by atoms with E-state index in [0.29, 0.717) is 11.3 Å². The Hall–Kier alpha value is -1.35. The number of aromatic nitrogens is 2. The van der Waals surface area contributed by atoms with Crippen molar-refractivity contribution >= 4 is 28.5 Å². The van der Waals surface area contributed by atoms with E-state index in [4.69, 9.17) is 11.6 Å². The van der Waals surface area contributed by atoms with Crippen LogP contribution in [0.1, 0.15) is 25.7 Å². The lowest BCUT2D eigenvalue weighted by Gasteiger charge is -2.25. The Balaban J connectivity index is 1.64. The molecule has 2 unspecified atom stereocenters. The first-order chi connectivity index (χ1) is 9.31. The van der Waals surface area contributed by atoms with Crippen LogP contribution in [0.2, 0.25) is 0 Å². The van der Waals surface area contributed by atoms with E-state index in [2.05, 4.69) is 15.3 Å². The predicted molar refractivity (Wildman–Crippen MR) is 79.6 cm³/mol. The molecule has 2 aromatic rings. The van der Waals surface area contributed by atoms with Gasteiger partial charge in [0.2, 0.25) is 5.95 Å². The summed E-state index contributed by atoms with van der Waals surface area (Å²) in [4.78, 5) is 8.88. The normalized spacial score (nSPS) is 23.4. The van der Waals surface area contributed by atoms with Gasteiger partial charge in [0.25, 0.3) is 0 Å². The van der Waals surface area contributed by atoms with Crippen LogP contribution >= 0.6 is 11.6 Å². The highest BCUT2D eigenvalue weighted by Crippen LogP contribution is 2.27. The molecule has 0 radical (unpaired) electrons. The summed E-state index contributed by atoms with van der Waals surface area (Å²) in [5.74, 6) is 1.36. The summed E-state index contributed by atoms with van der Waals surface area (Å²) in [7, 11) is 0. The standard InChI is InChI=1S/C15H18ClN3/c16-13-6-3-4-11(8-13)9-17-15-18-10-12-5-1-2-7-14(12)19-15/h1-2,5,7,10-11,13H,3-4,6,8-9H2,(H,17,18,19). The van der Waals surface area contributed by atoms with Gasteiger partial charge < -0.3 is 5.32 Å². The van der Waals surface area contributed by atoms with Gasteiger partial charge in [0.05, 0.1) is 5.52 Å². The Morgan fingerprint density at radius 1 is 1.26 bits per heavy atom. The second kappa shape index (κ2) is 5.74. The van der Waals surface area contributed by atoms with E-state index < -0.39 is 0 Å². The molecule has 19 heavy (non-hydrogen) atoms. The monoisotopic (exact) mass is 275 g/mol. The molecule has 1 aliphatic rings. The van der Waals surface area contributed by atoms with Crippen LogP contribution in [0.3, 0.4) is 0 Å².